The average Bonchev–Trinajstić information content (AvgIpc) is 2.97. The van der Waals surface area contributed by atoms with Crippen molar-refractivity contribution in [2.24, 2.45) is 0 Å². The van der Waals surface area contributed by atoms with E-state index >= 15 is 0 Å². The SMILES string of the molecule is C[C@H](NC(=O)CN(c1ccc(Oc2ccccc2)cc1)S(=O)(=O)c1ccccc1)c1ccc2c(c1)CCCC2. The van der Waals surface area contributed by atoms with Crippen molar-refractivity contribution in [1.82, 2.24) is 5.32 Å². The van der Waals surface area contributed by atoms with E-state index in [0.29, 0.717) is 17.2 Å². The predicted molar refractivity (Wildman–Crippen MR) is 154 cm³/mol. The highest BCUT2D eigenvalue weighted by Crippen LogP contribution is 2.29. The summed E-state index contributed by atoms with van der Waals surface area (Å²) in [6.45, 7) is 1.57. The Balaban J connectivity index is 1.36. The third kappa shape index (κ3) is 6.32. The lowest BCUT2D eigenvalue weighted by Gasteiger charge is -2.25. The van der Waals surface area contributed by atoms with Crippen molar-refractivity contribution in [3.63, 3.8) is 0 Å². The van der Waals surface area contributed by atoms with Gasteiger partial charge in [-0.3, -0.25) is 9.10 Å². The number of anilines is 1. The molecule has 0 fully saturated rings. The molecule has 5 rings (SSSR count). The normalized spacial score (nSPS) is 13.7. The maximum Gasteiger partial charge on any atom is 0.264 e. The fourth-order valence-corrected chi connectivity index (χ4v) is 6.31. The monoisotopic (exact) mass is 540 g/mol. The largest absolute Gasteiger partial charge is 0.457 e. The van der Waals surface area contributed by atoms with Gasteiger partial charge in [-0.1, -0.05) is 54.6 Å². The lowest BCUT2D eigenvalue weighted by Crippen LogP contribution is -2.41. The van der Waals surface area contributed by atoms with E-state index in [2.05, 4.69) is 23.5 Å². The minimum atomic E-state index is -4.00. The maximum absolute atomic E-state index is 13.7. The number of carbonyl (C=O) groups excluding carboxylic acids is 1. The van der Waals surface area contributed by atoms with Crippen LogP contribution in [0.25, 0.3) is 0 Å². The van der Waals surface area contributed by atoms with Crippen molar-refractivity contribution in [3.8, 4) is 11.5 Å². The summed E-state index contributed by atoms with van der Waals surface area (Å²) in [6.07, 6.45) is 4.54. The summed E-state index contributed by atoms with van der Waals surface area (Å²) in [6, 6.07) is 30.3. The molecule has 0 saturated carbocycles. The lowest BCUT2D eigenvalue weighted by atomic mass is 9.89. The van der Waals surface area contributed by atoms with Crippen LogP contribution in [0.2, 0.25) is 0 Å². The third-order valence-electron chi connectivity index (χ3n) is 6.97. The van der Waals surface area contributed by atoms with E-state index in [0.717, 1.165) is 22.7 Å². The van der Waals surface area contributed by atoms with Crippen LogP contribution in [0.15, 0.2) is 108 Å². The second-order valence-electron chi connectivity index (χ2n) is 9.76. The number of nitrogens with zero attached hydrogens (tertiary/aromatic N) is 1. The summed E-state index contributed by atoms with van der Waals surface area (Å²) in [5.74, 6) is 0.853. The van der Waals surface area contributed by atoms with Gasteiger partial charge < -0.3 is 10.1 Å². The van der Waals surface area contributed by atoms with Gasteiger partial charge in [0.25, 0.3) is 10.0 Å². The van der Waals surface area contributed by atoms with E-state index in [4.69, 9.17) is 4.74 Å². The Morgan fingerprint density at radius 1 is 0.821 bits per heavy atom. The zero-order chi connectivity index (χ0) is 27.2. The summed E-state index contributed by atoms with van der Waals surface area (Å²) >= 11 is 0. The van der Waals surface area contributed by atoms with Gasteiger partial charge in [0.2, 0.25) is 5.91 Å². The number of carbonyl (C=O) groups is 1. The maximum atomic E-state index is 13.7. The molecule has 1 amide bonds. The quantitative estimate of drug-likeness (QED) is 0.265. The zero-order valence-corrected chi connectivity index (χ0v) is 22.7. The van der Waals surface area contributed by atoms with Gasteiger partial charge in [0.05, 0.1) is 16.6 Å². The molecule has 200 valence electrons. The Labute approximate surface area is 230 Å². The molecule has 0 heterocycles. The van der Waals surface area contributed by atoms with Gasteiger partial charge in [0.15, 0.2) is 0 Å². The molecule has 39 heavy (non-hydrogen) atoms. The topological polar surface area (TPSA) is 75.7 Å². The Bertz CT molecular complexity index is 1520. The molecular formula is C32H32N2O4S. The molecule has 0 aliphatic heterocycles. The summed E-state index contributed by atoms with van der Waals surface area (Å²) < 4.78 is 34.4. The molecule has 0 aromatic heterocycles. The van der Waals surface area contributed by atoms with E-state index < -0.39 is 10.0 Å². The summed E-state index contributed by atoms with van der Waals surface area (Å²) in [5.41, 5.74) is 4.11. The number of nitrogens with one attached hydrogen (secondary N) is 1. The van der Waals surface area contributed by atoms with E-state index in [-0.39, 0.29) is 23.4 Å². The van der Waals surface area contributed by atoms with Crippen molar-refractivity contribution in [3.05, 3.63) is 120 Å². The number of benzene rings is 4. The molecule has 1 aliphatic carbocycles. The minimum absolute atomic E-state index is 0.116. The fraction of sp³-hybridized carbons (Fsp3) is 0.219. The molecule has 0 radical (unpaired) electrons. The van der Waals surface area contributed by atoms with Crippen molar-refractivity contribution in [1.29, 1.82) is 0 Å². The second kappa shape index (κ2) is 11.7. The molecule has 0 bridgehead atoms. The molecule has 4 aromatic carbocycles. The lowest BCUT2D eigenvalue weighted by molar-refractivity contribution is -0.120. The minimum Gasteiger partial charge on any atom is -0.457 e. The molecule has 1 aliphatic rings. The first-order chi connectivity index (χ1) is 18.9. The number of ether oxygens (including phenoxy) is 1. The molecule has 6 nitrogen and oxygen atoms in total. The molecule has 0 spiro atoms. The first-order valence-electron chi connectivity index (χ1n) is 13.2. The van der Waals surface area contributed by atoms with Gasteiger partial charge in [-0.25, -0.2) is 8.42 Å². The zero-order valence-electron chi connectivity index (χ0n) is 21.9. The smallest absolute Gasteiger partial charge is 0.264 e. The first kappa shape index (κ1) is 26.5. The Morgan fingerprint density at radius 3 is 2.13 bits per heavy atom. The van der Waals surface area contributed by atoms with Crippen LogP contribution < -0.4 is 14.4 Å². The van der Waals surface area contributed by atoms with Gasteiger partial charge >= 0.3 is 0 Å². The van der Waals surface area contributed by atoms with Gasteiger partial charge in [0.1, 0.15) is 18.0 Å². The number of amides is 1. The molecule has 7 heteroatoms. The van der Waals surface area contributed by atoms with Gasteiger partial charge in [-0.15, -0.1) is 0 Å². The van der Waals surface area contributed by atoms with Crippen LogP contribution in [0.1, 0.15) is 42.5 Å². The van der Waals surface area contributed by atoms with Crippen molar-refractivity contribution in [2.75, 3.05) is 10.8 Å². The summed E-state index contributed by atoms with van der Waals surface area (Å²) in [5, 5.41) is 3.00. The number of hydrogen-bond acceptors (Lipinski definition) is 4. The van der Waals surface area contributed by atoms with Crippen LogP contribution in [0.3, 0.4) is 0 Å². The average molecular weight is 541 g/mol. The summed E-state index contributed by atoms with van der Waals surface area (Å²) in [7, 11) is -4.00. The molecular weight excluding hydrogens is 508 g/mol. The van der Waals surface area contributed by atoms with Crippen LogP contribution in [-0.2, 0) is 27.7 Å². The molecule has 0 saturated heterocycles. The van der Waals surface area contributed by atoms with Crippen LogP contribution in [0.4, 0.5) is 5.69 Å². The number of para-hydroxylation sites is 1. The van der Waals surface area contributed by atoms with Crippen molar-refractivity contribution in [2.45, 2.75) is 43.5 Å². The van der Waals surface area contributed by atoms with Crippen LogP contribution in [0, 0.1) is 0 Å². The molecule has 1 atom stereocenters. The Kier molecular flexibility index (Phi) is 7.98. The summed E-state index contributed by atoms with van der Waals surface area (Å²) in [4.78, 5) is 13.4. The molecule has 4 aromatic rings. The van der Waals surface area contributed by atoms with Crippen molar-refractivity contribution < 1.29 is 17.9 Å². The first-order valence-corrected chi connectivity index (χ1v) is 14.7. The number of sulfonamides is 1. The Morgan fingerprint density at radius 2 is 1.44 bits per heavy atom. The second-order valence-corrected chi connectivity index (χ2v) is 11.6. The van der Waals surface area contributed by atoms with E-state index in [1.54, 1.807) is 42.5 Å². The Hall–Kier alpha value is -4.10. The number of hydrogen-bond donors (Lipinski definition) is 1. The van der Waals surface area contributed by atoms with Gasteiger partial charge in [-0.2, -0.15) is 0 Å². The molecule has 1 N–H and O–H groups in total. The van der Waals surface area contributed by atoms with E-state index in [1.807, 2.05) is 37.3 Å². The van der Waals surface area contributed by atoms with E-state index in [9.17, 15) is 13.2 Å². The van der Waals surface area contributed by atoms with Crippen molar-refractivity contribution >= 4 is 21.6 Å². The van der Waals surface area contributed by atoms with Crippen LogP contribution in [-0.4, -0.2) is 20.9 Å². The highest BCUT2D eigenvalue weighted by atomic mass is 32.2. The standard InChI is InChI=1S/C32H32N2O4S/c1-24(26-17-16-25-10-8-9-11-27(25)22-26)33-32(35)23-34(39(36,37)31-14-6-3-7-15-31)28-18-20-30(21-19-28)38-29-12-4-2-5-13-29/h2-7,12-22,24H,8-11,23H2,1H3,(H,33,35)/t24-/m0/s1. The predicted octanol–water partition coefficient (Wildman–Crippen LogP) is 6.43. The number of fused-ring (bicyclic) bond motifs is 1. The molecule has 0 unspecified atom stereocenters. The highest BCUT2D eigenvalue weighted by Gasteiger charge is 2.28. The fourth-order valence-electron chi connectivity index (χ4n) is 4.86. The third-order valence-corrected chi connectivity index (χ3v) is 8.76. The number of aryl methyl sites for hydroxylation is 2. The van der Waals surface area contributed by atoms with Crippen LogP contribution in [0.5, 0.6) is 11.5 Å². The van der Waals surface area contributed by atoms with Gasteiger partial charge in [-0.05, 0) is 97.8 Å². The highest BCUT2D eigenvalue weighted by molar-refractivity contribution is 7.92. The van der Waals surface area contributed by atoms with Gasteiger partial charge in [0, 0.05) is 0 Å². The van der Waals surface area contributed by atoms with E-state index in [1.165, 1.54) is 36.1 Å². The number of rotatable bonds is 9. The van der Waals surface area contributed by atoms with Crippen LogP contribution >= 0.6 is 0 Å².